The summed E-state index contributed by atoms with van der Waals surface area (Å²) in [7, 11) is 0. The molecule has 5 aliphatic carbocycles. The third-order valence-corrected chi connectivity index (χ3v) is 8.13. The van der Waals surface area contributed by atoms with Gasteiger partial charge >= 0.3 is 0 Å². The fraction of sp³-hybridized carbons (Fsp3) is 1.00. The topological polar surface area (TPSA) is 20.2 Å². The van der Waals surface area contributed by atoms with Crippen LogP contribution in [-0.2, 0) is 0 Å². The Kier molecular flexibility index (Phi) is 2.44. The second-order valence-corrected chi connectivity index (χ2v) is 8.56. The zero-order valence-electron chi connectivity index (χ0n) is 12.0. The number of aliphatic hydroxyl groups excluding tert-OH is 1. The fourth-order valence-corrected chi connectivity index (χ4v) is 7.78. The second kappa shape index (κ2) is 4.00. The third kappa shape index (κ3) is 1.46. The highest BCUT2D eigenvalue weighted by atomic mass is 16.3. The quantitative estimate of drug-likeness (QED) is 0.701. The van der Waals surface area contributed by atoms with Crippen molar-refractivity contribution >= 4 is 0 Å². The minimum atomic E-state index is 0.0662. The van der Waals surface area contributed by atoms with Gasteiger partial charge in [-0.05, 0) is 85.9 Å². The van der Waals surface area contributed by atoms with E-state index in [9.17, 15) is 5.11 Å². The predicted molar refractivity (Wildman–Crippen MR) is 75.5 cm³/mol. The molecule has 0 radical (unpaired) electrons. The second-order valence-electron chi connectivity index (χ2n) is 8.56. The number of rotatable bonds is 0. The molecule has 0 aromatic heterocycles. The highest BCUT2D eigenvalue weighted by Crippen LogP contribution is 2.65. The van der Waals surface area contributed by atoms with Gasteiger partial charge in [0.1, 0.15) is 0 Å². The zero-order valence-corrected chi connectivity index (χ0v) is 12.0. The third-order valence-electron chi connectivity index (χ3n) is 8.13. The molecule has 0 saturated heterocycles. The molecule has 9 atom stereocenters. The zero-order chi connectivity index (χ0) is 12.6. The van der Waals surface area contributed by atoms with Crippen LogP contribution in [0.25, 0.3) is 0 Å². The lowest BCUT2D eigenvalue weighted by Crippen LogP contribution is -2.53. The van der Waals surface area contributed by atoms with Crippen LogP contribution in [0, 0.1) is 47.3 Å². The maximum absolute atomic E-state index is 10.5. The van der Waals surface area contributed by atoms with E-state index in [0.717, 1.165) is 47.8 Å². The number of hydrogen-bond donors (Lipinski definition) is 1. The van der Waals surface area contributed by atoms with E-state index in [0.29, 0.717) is 5.92 Å². The van der Waals surface area contributed by atoms with E-state index >= 15 is 0 Å². The molecular formula is C18H28O. The summed E-state index contributed by atoms with van der Waals surface area (Å²) in [5.41, 5.74) is 0. The largest absolute Gasteiger partial charge is 0.393 e. The van der Waals surface area contributed by atoms with Crippen molar-refractivity contribution in [1.82, 2.24) is 0 Å². The maximum Gasteiger partial charge on any atom is 0.0574 e. The molecule has 0 bridgehead atoms. The number of hydrogen-bond acceptors (Lipinski definition) is 1. The van der Waals surface area contributed by atoms with Crippen molar-refractivity contribution in [2.75, 3.05) is 0 Å². The van der Waals surface area contributed by atoms with Crippen molar-refractivity contribution in [2.45, 2.75) is 63.9 Å². The first kappa shape index (κ1) is 11.6. The van der Waals surface area contributed by atoms with Crippen LogP contribution in [-0.4, -0.2) is 11.2 Å². The Hall–Kier alpha value is -0.0400. The van der Waals surface area contributed by atoms with Crippen molar-refractivity contribution in [3.05, 3.63) is 0 Å². The Morgan fingerprint density at radius 3 is 2.21 bits per heavy atom. The summed E-state index contributed by atoms with van der Waals surface area (Å²) in [6.07, 6.45) is 13.2. The molecule has 0 aromatic carbocycles. The van der Waals surface area contributed by atoms with Gasteiger partial charge in [0.25, 0.3) is 0 Å². The molecule has 5 aliphatic rings. The van der Waals surface area contributed by atoms with Crippen molar-refractivity contribution in [2.24, 2.45) is 47.3 Å². The summed E-state index contributed by atoms with van der Waals surface area (Å²) in [4.78, 5) is 0. The van der Waals surface area contributed by atoms with Crippen LogP contribution in [0.1, 0.15) is 57.8 Å². The summed E-state index contributed by atoms with van der Waals surface area (Å²) in [5.74, 6) is 7.86. The molecule has 19 heavy (non-hydrogen) atoms. The van der Waals surface area contributed by atoms with Gasteiger partial charge in [0, 0.05) is 0 Å². The van der Waals surface area contributed by atoms with Crippen LogP contribution >= 0.6 is 0 Å². The molecule has 106 valence electrons. The van der Waals surface area contributed by atoms with Crippen LogP contribution in [0.5, 0.6) is 0 Å². The van der Waals surface area contributed by atoms with E-state index in [1.165, 1.54) is 44.9 Å². The molecule has 0 amide bonds. The average Bonchev–Trinajstić information content (AvgIpc) is 2.76. The van der Waals surface area contributed by atoms with Crippen LogP contribution in [0.15, 0.2) is 0 Å². The van der Waals surface area contributed by atoms with Crippen molar-refractivity contribution < 1.29 is 5.11 Å². The first-order valence-corrected chi connectivity index (χ1v) is 9.01. The van der Waals surface area contributed by atoms with E-state index in [2.05, 4.69) is 0 Å². The minimum Gasteiger partial charge on any atom is -0.393 e. The first-order valence-electron chi connectivity index (χ1n) is 9.01. The Balaban J connectivity index is 1.57. The van der Waals surface area contributed by atoms with Gasteiger partial charge in [0.05, 0.1) is 6.10 Å². The molecule has 5 fully saturated rings. The molecule has 9 unspecified atom stereocenters. The van der Waals surface area contributed by atoms with Crippen LogP contribution in [0.2, 0.25) is 0 Å². The average molecular weight is 260 g/mol. The lowest BCUT2D eigenvalue weighted by atomic mass is 9.46. The van der Waals surface area contributed by atoms with Crippen LogP contribution in [0.3, 0.4) is 0 Å². The Morgan fingerprint density at radius 1 is 0.579 bits per heavy atom. The van der Waals surface area contributed by atoms with Gasteiger partial charge in [0.2, 0.25) is 0 Å². The lowest BCUT2D eigenvalue weighted by molar-refractivity contribution is -0.110. The van der Waals surface area contributed by atoms with Gasteiger partial charge in [0.15, 0.2) is 0 Å². The molecule has 5 rings (SSSR count). The normalized spacial score (nSPS) is 62.7. The SMILES string of the molecule is OC1CC2CC3CCCC4CCC5CCC1C2C5C43. The van der Waals surface area contributed by atoms with Gasteiger partial charge in [-0.25, -0.2) is 0 Å². The molecule has 5 saturated carbocycles. The predicted octanol–water partition coefficient (Wildman–Crippen LogP) is 3.86. The molecule has 1 heteroatoms. The Morgan fingerprint density at radius 2 is 1.32 bits per heavy atom. The van der Waals surface area contributed by atoms with Gasteiger partial charge in [-0.15, -0.1) is 0 Å². The van der Waals surface area contributed by atoms with E-state index in [1.54, 1.807) is 6.42 Å². The monoisotopic (exact) mass is 260 g/mol. The highest BCUT2D eigenvalue weighted by Gasteiger charge is 2.59. The van der Waals surface area contributed by atoms with E-state index in [1.807, 2.05) is 0 Å². The molecule has 0 aliphatic heterocycles. The lowest BCUT2D eigenvalue weighted by Gasteiger charge is -2.59. The van der Waals surface area contributed by atoms with Crippen molar-refractivity contribution in [1.29, 1.82) is 0 Å². The minimum absolute atomic E-state index is 0.0662. The maximum atomic E-state index is 10.5. The molecule has 0 spiro atoms. The fourth-order valence-electron chi connectivity index (χ4n) is 7.78. The van der Waals surface area contributed by atoms with Gasteiger partial charge in [-0.2, -0.15) is 0 Å². The molecule has 0 aromatic rings. The highest BCUT2D eigenvalue weighted by molar-refractivity contribution is 5.08. The van der Waals surface area contributed by atoms with Crippen molar-refractivity contribution in [3.8, 4) is 0 Å². The van der Waals surface area contributed by atoms with E-state index in [-0.39, 0.29) is 6.10 Å². The van der Waals surface area contributed by atoms with E-state index in [4.69, 9.17) is 0 Å². The summed E-state index contributed by atoms with van der Waals surface area (Å²) in [5, 5.41) is 10.5. The first-order chi connectivity index (χ1) is 9.33. The Labute approximate surface area is 117 Å². The van der Waals surface area contributed by atoms with Crippen LogP contribution in [0.4, 0.5) is 0 Å². The van der Waals surface area contributed by atoms with Crippen LogP contribution < -0.4 is 0 Å². The molecular weight excluding hydrogens is 232 g/mol. The summed E-state index contributed by atoms with van der Waals surface area (Å²) >= 11 is 0. The summed E-state index contributed by atoms with van der Waals surface area (Å²) in [6, 6.07) is 0. The molecule has 1 N–H and O–H groups in total. The summed E-state index contributed by atoms with van der Waals surface area (Å²) < 4.78 is 0. The smallest absolute Gasteiger partial charge is 0.0574 e. The summed E-state index contributed by atoms with van der Waals surface area (Å²) in [6.45, 7) is 0. The molecule has 1 nitrogen and oxygen atoms in total. The van der Waals surface area contributed by atoms with E-state index < -0.39 is 0 Å². The molecule has 0 heterocycles. The Bertz CT molecular complexity index is 372. The number of aliphatic hydroxyl groups is 1. The van der Waals surface area contributed by atoms with Gasteiger partial charge in [-0.3, -0.25) is 0 Å². The van der Waals surface area contributed by atoms with Crippen molar-refractivity contribution in [3.63, 3.8) is 0 Å². The van der Waals surface area contributed by atoms with Gasteiger partial charge in [-0.1, -0.05) is 19.3 Å². The standard InChI is InChI=1S/C18H28O/c19-15-9-13-8-12-3-1-2-10-4-5-11-6-7-14(15)17(13)18(11)16(10)12/h10-19H,1-9H2. The van der Waals surface area contributed by atoms with Gasteiger partial charge < -0.3 is 5.11 Å².